The summed E-state index contributed by atoms with van der Waals surface area (Å²) in [7, 11) is 0. The number of nitrogens with one attached hydrogen (secondary N) is 1. The SMILES string of the molecule is CCCC(C#N)C(=O)NC(C)c1ccccc1. The molecule has 0 spiro atoms. The van der Waals surface area contributed by atoms with Crippen LogP contribution in [-0.2, 0) is 4.79 Å². The van der Waals surface area contributed by atoms with Crippen LogP contribution in [0.25, 0.3) is 0 Å². The van der Waals surface area contributed by atoms with Crippen LogP contribution >= 0.6 is 0 Å². The van der Waals surface area contributed by atoms with E-state index in [2.05, 4.69) is 5.32 Å². The predicted octanol–water partition coefficient (Wildman–Crippen LogP) is 2.80. The number of amides is 1. The standard InChI is InChI=1S/C14H18N2O/c1-3-7-13(10-15)14(17)16-11(2)12-8-5-4-6-9-12/h4-6,8-9,11,13H,3,7H2,1-2H3,(H,16,17). The van der Waals surface area contributed by atoms with Crippen LogP contribution in [0.2, 0.25) is 0 Å². The van der Waals surface area contributed by atoms with Crippen molar-refractivity contribution in [1.82, 2.24) is 5.32 Å². The summed E-state index contributed by atoms with van der Waals surface area (Å²) in [6.07, 6.45) is 1.45. The molecule has 0 aliphatic carbocycles. The zero-order valence-corrected chi connectivity index (χ0v) is 10.3. The first-order valence-corrected chi connectivity index (χ1v) is 5.94. The number of hydrogen-bond donors (Lipinski definition) is 1. The van der Waals surface area contributed by atoms with Crippen molar-refractivity contribution in [3.63, 3.8) is 0 Å². The van der Waals surface area contributed by atoms with Gasteiger partial charge in [-0.1, -0.05) is 43.7 Å². The lowest BCUT2D eigenvalue weighted by molar-refractivity contribution is -0.124. The minimum Gasteiger partial charge on any atom is -0.348 e. The first kappa shape index (κ1) is 13.2. The van der Waals surface area contributed by atoms with Crippen molar-refractivity contribution in [3.8, 4) is 6.07 Å². The van der Waals surface area contributed by atoms with Gasteiger partial charge in [0.05, 0.1) is 12.1 Å². The molecular weight excluding hydrogens is 212 g/mol. The lowest BCUT2D eigenvalue weighted by Gasteiger charge is -2.16. The number of benzene rings is 1. The molecule has 3 nitrogen and oxygen atoms in total. The van der Waals surface area contributed by atoms with Crippen LogP contribution in [0.4, 0.5) is 0 Å². The Morgan fingerprint density at radius 1 is 1.41 bits per heavy atom. The van der Waals surface area contributed by atoms with Crippen molar-refractivity contribution in [2.45, 2.75) is 32.7 Å². The molecule has 2 unspecified atom stereocenters. The fourth-order valence-corrected chi connectivity index (χ4v) is 1.68. The summed E-state index contributed by atoms with van der Waals surface area (Å²) in [5, 5.41) is 11.8. The van der Waals surface area contributed by atoms with Crippen LogP contribution in [0, 0.1) is 17.2 Å². The van der Waals surface area contributed by atoms with Crippen molar-refractivity contribution in [3.05, 3.63) is 35.9 Å². The van der Waals surface area contributed by atoms with E-state index in [9.17, 15) is 4.79 Å². The van der Waals surface area contributed by atoms with E-state index in [0.717, 1.165) is 12.0 Å². The molecule has 1 amide bonds. The molecular formula is C14H18N2O. The smallest absolute Gasteiger partial charge is 0.237 e. The van der Waals surface area contributed by atoms with Gasteiger partial charge in [-0.25, -0.2) is 0 Å². The van der Waals surface area contributed by atoms with E-state index in [-0.39, 0.29) is 11.9 Å². The second kappa shape index (κ2) is 6.70. The molecule has 17 heavy (non-hydrogen) atoms. The minimum absolute atomic E-state index is 0.0589. The number of nitrogens with zero attached hydrogens (tertiary/aromatic N) is 1. The number of rotatable bonds is 5. The Labute approximate surface area is 102 Å². The topological polar surface area (TPSA) is 52.9 Å². The molecule has 0 fully saturated rings. The van der Waals surface area contributed by atoms with Gasteiger partial charge in [0.15, 0.2) is 0 Å². The predicted molar refractivity (Wildman–Crippen MR) is 67.0 cm³/mol. The van der Waals surface area contributed by atoms with Gasteiger partial charge in [-0.3, -0.25) is 4.79 Å². The number of carbonyl (C=O) groups excluding carboxylic acids is 1. The van der Waals surface area contributed by atoms with Gasteiger partial charge in [0.25, 0.3) is 0 Å². The highest BCUT2D eigenvalue weighted by Crippen LogP contribution is 2.13. The molecule has 0 aliphatic rings. The molecule has 1 rings (SSSR count). The molecule has 0 bridgehead atoms. The third-order valence-electron chi connectivity index (χ3n) is 2.71. The van der Waals surface area contributed by atoms with Crippen LogP contribution in [-0.4, -0.2) is 5.91 Å². The lowest BCUT2D eigenvalue weighted by atomic mass is 10.0. The summed E-state index contributed by atoms with van der Waals surface area (Å²) < 4.78 is 0. The second-order valence-electron chi connectivity index (χ2n) is 4.11. The van der Waals surface area contributed by atoms with Crippen molar-refractivity contribution >= 4 is 5.91 Å². The highest BCUT2D eigenvalue weighted by atomic mass is 16.1. The maximum atomic E-state index is 11.8. The van der Waals surface area contributed by atoms with Crippen LogP contribution in [0.5, 0.6) is 0 Å². The molecule has 90 valence electrons. The van der Waals surface area contributed by atoms with E-state index in [0.29, 0.717) is 6.42 Å². The van der Waals surface area contributed by atoms with Gasteiger partial charge >= 0.3 is 0 Å². The van der Waals surface area contributed by atoms with Crippen molar-refractivity contribution in [2.24, 2.45) is 5.92 Å². The third kappa shape index (κ3) is 3.92. The Bertz CT molecular complexity index is 394. The lowest BCUT2D eigenvalue weighted by Crippen LogP contribution is -2.32. The van der Waals surface area contributed by atoms with E-state index in [1.54, 1.807) is 0 Å². The molecule has 3 heteroatoms. The average molecular weight is 230 g/mol. The van der Waals surface area contributed by atoms with E-state index >= 15 is 0 Å². The van der Waals surface area contributed by atoms with Gasteiger partial charge in [-0.15, -0.1) is 0 Å². The fraction of sp³-hybridized carbons (Fsp3) is 0.429. The summed E-state index contributed by atoms with van der Waals surface area (Å²) in [6.45, 7) is 3.89. The van der Waals surface area contributed by atoms with Crippen molar-refractivity contribution < 1.29 is 4.79 Å². The number of hydrogen-bond acceptors (Lipinski definition) is 2. The third-order valence-corrected chi connectivity index (χ3v) is 2.71. The van der Waals surface area contributed by atoms with Gasteiger partial charge in [0.2, 0.25) is 5.91 Å². The summed E-state index contributed by atoms with van der Waals surface area (Å²) in [6, 6.07) is 11.7. The molecule has 2 atom stereocenters. The van der Waals surface area contributed by atoms with E-state index < -0.39 is 5.92 Å². The molecule has 0 radical (unpaired) electrons. The Kier molecular flexibility index (Phi) is 5.22. The Morgan fingerprint density at radius 3 is 2.59 bits per heavy atom. The molecule has 1 aromatic carbocycles. The van der Waals surface area contributed by atoms with Gasteiger partial charge in [-0.05, 0) is 18.9 Å². The quantitative estimate of drug-likeness (QED) is 0.845. The second-order valence-corrected chi connectivity index (χ2v) is 4.11. The van der Waals surface area contributed by atoms with Crippen LogP contribution in [0.15, 0.2) is 30.3 Å². The summed E-state index contributed by atoms with van der Waals surface area (Å²) in [4.78, 5) is 11.8. The van der Waals surface area contributed by atoms with Crippen LogP contribution in [0.3, 0.4) is 0 Å². The highest BCUT2D eigenvalue weighted by molar-refractivity contribution is 5.81. The monoisotopic (exact) mass is 230 g/mol. The summed E-state index contributed by atoms with van der Waals surface area (Å²) in [5.41, 5.74) is 1.05. The maximum absolute atomic E-state index is 11.8. The highest BCUT2D eigenvalue weighted by Gasteiger charge is 2.18. The Balaban J connectivity index is 2.60. The molecule has 0 saturated heterocycles. The summed E-state index contributed by atoms with van der Waals surface area (Å²) >= 11 is 0. The van der Waals surface area contributed by atoms with E-state index in [1.165, 1.54) is 0 Å². The molecule has 0 aliphatic heterocycles. The molecule has 0 aromatic heterocycles. The number of carbonyl (C=O) groups is 1. The Morgan fingerprint density at radius 2 is 2.06 bits per heavy atom. The zero-order valence-electron chi connectivity index (χ0n) is 10.3. The van der Waals surface area contributed by atoms with Gasteiger partial charge in [-0.2, -0.15) is 5.26 Å². The number of nitriles is 1. The van der Waals surface area contributed by atoms with E-state index in [1.807, 2.05) is 50.2 Å². The van der Waals surface area contributed by atoms with Crippen LogP contribution < -0.4 is 5.32 Å². The maximum Gasteiger partial charge on any atom is 0.237 e. The first-order valence-electron chi connectivity index (χ1n) is 5.94. The van der Waals surface area contributed by atoms with Gasteiger partial charge in [0, 0.05) is 0 Å². The van der Waals surface area contributed by atoms with Crippen molar-refractivity contribution in [1.29, 1.82) is 5.26 Å². The normalized spacial score (nSPS) is 13.5. The molecule has 0 heterocycles. The molecule has 1 aromatic rings. The van der Waals surface area contributed by atoms with Crippen molar-refractivity contribution in [2.75, 3.05) is 0 Å². The Hall–Kier alpha value is -1.82. The summed E-state index contributed by atoms with van der Waals surface area (Å²) in [5.74, 6) is -0.711. The zero-order chi connectivity index (χ0) is 12.7. The molecule has 1 N–H and O–H groups in total. The van der Waals surface area contributed by atoms with Crippen LogP contribution in [0.1, 0.15) is 38.3 Å². The molecule has 0 saturated carbocycles. The first-order chi connectivity index (χ1) is 8.19. The fourth-order valence-electron chi connectivity index (χ4n) is 1.68. The minimum atomic E-state index is -0.536. The average Bonchev–Trinajstić information content (AvgIpc) is 2.36. The van der Waals surface area contributed by atoms with Gasteiger partial charge < -0.3 is 5.32 Å². The largest absolute Gasteiger partial charge is 0.348 e. The van der Waals surface area contributed by atoms with Gasteiger partial charge in [0.1, 0.15) is 5.92 Å². The van der Waals surface area contributed by atoms with E-state index in [4.69, 9.17) is 5.26 Å².